The fraction of sp³-hybridized carbons (Fsp3) is 0.467. The SMILES string of the molecule is CC(C)CCCNC(=O)c1ccccc1OCC(N)=O. The molecule has 0 unspecified atom stereocenters. The summed E-state index contributed by atoms with van der Waals surface area (Å²) >= 11 is 0. The van der Waals surface area contributed by atoms with Crippen LogP contribution in [0.5, 0.6) is 5.75 Å². The summed E-state index contributed by atoms with van der Waals surface area (Å²) in [6, 6.07) is 6.80. The molecule has 0 fully saturated rings. The maximum atomic E-state index is 12.0. The van der Waals surface area contributed by atoms with Crippen molar-refractivity contribution >= 4 is 11.8 Å². The lowest BCUT2D eigenvalue weighted by Crippen LogP contribution is -2.26. The molecule has 3 N–H and O–H groups in total. The molecule has 0 saturated heterocycles. The van der Waals surface area contributed by atoms with Gasteiger partial charge in [-0.15, -0.1) is 0 Å². The number of nitrogens with two attached hydrogens (primary N) is 1. The van der Waals surface area contributed by atoms with Gasteiger partial charge < -0.3 is 15.8 Å². The molecule has 0 atom stereocenters. The lowest BCUT2D eigenvalue weighted by atomic mass is 10.1. The zero-order valence-corrected chi connectivity index (χ0v) is 12.0. The summed E-state index contributed by atoms with van der Waals surface area (Å²) in [6.07, 6.45) is 2.01. The van der Waals surface area contributed by atoms with Crippen molar-refractivity contribution in [1.82, 2.24) is 5.32 Å². The number of amides is 2. The van der Waals surface area contributed by atoms with Crippen LogP contribution in [-0.4, -0.2) is 25.0 Å². The number of ether oxygens (including phenoxy) is 1. The highest BCUT2D eigenvalue weighted by Gasteiger charge is 2.12. The van der Waals surface area contributed by atoms with Gasteiger partial charge in [0.2, 0.25) is 0 Å². The van der Waals surface area contributed by atoms with Gasteiger partial charge in [0.1, 0.15) is 5.75 Å². The van der Waals surface area contributed by atoms with Gasteiger partial charge in [-0.25, -0.2) is 0 Å². The molecule has 2 amide bonds. The predicted molar refractivity (Wildman–Crippen MR) is 77.5 cm³/mol. The maximum absolute atomic E-state index is 12.0. The Morgan fingerprint density at radius 2 is 2.00 bits per heavy atom. The van der Waals surface area contributed by atoms with Crippen molar-refractivity contribution < 1.29 is 14.3 Å². The minimum atomic E-state index is -0.572. The van der Waals surface area contributed by atoms with Crippen LogP contribution in [0.1, 0.15) is 37.0 Å². The van der Waals surface area contributed by atoms with Crippen molar-refractivity contribution in [3.63, 3.8) is 0 Å². The predicted octanol–water partition coefficient (Wildman–Crippen LogP) is 1.72. The molecule has 1 aromatic rings. The molecule has 1 rings (SSSR count). The molecule has 20 heavy (non-hydrogen) atoms. The van der Waals surface area contributed by atoms with E-state index in [9.17, 15) is 9.59 Å². The van der Waals surface area contributed by atoms with E-state index in [0.717, 1.165) is 12.8 Å². The third-order valence-corrected chi connectivity index (χ3v) is 2.75. The molecule has 5 heteroatoms. The molecule has 5 nitrogen and oxygen atoms in total. The number of nitrogens with one attached hydrogen (secondary N) is 1. The molecule has 1 aromatic carbocycles. The number of carbonyl (C=O) groups excluding carboxylic acids is 2. The molecule has 0 spiro atoms. The second kappa shape index (κ2) is 8.19. The van der Waals surface area contributed by atoms with Crippen LogP contribution in [0.4, 0.5) is 0 Å². The lowest BCUT2D eigenvalue weighted by molar-refractivity contribution is -0.119. The first-order valence-electron chi connectivity index (χ1n) is 6.79. The largest absolute Gasteiger partial charge is 0.483 e. The topological polar surface area (TPSA) is 81.4 Å². The Morgan fingerprint density at radius 3 is 2.65 bits per heavy atom. The number of hydrogen-bond acceptors (Lipinski definition) is 3. The third-order valence-electron chi connectivity index (χ3n) is 2.75. The lowest BCUT2D eigenvalue weighted by Gasteiger charge is -2.11. The molecular weight excluding hydrogens is 256 g/mol. The van der Waals surface area contributed by atoms with Crippen molar-refractivity contribution in [1.29, 1.82) is 0 Å². The first-order chi connectivity index (χ1) is 9.50. The van der Waals surface area contributed by atoms with Crippen LogP contribution in [-0.2, 0) is 4.79 Å². The van der Waals surface area contributed by atoms with Crippen LogP contribution >= 0.6 is 0 Å². The van der Waals surface area contributed by atoms with E-state index in [1.807, 2.05) is 0 Å². The second-order valence-corrected chi connectivity index (χ2v) is 5.04. The quantitative estimate of drug-likeness (QED) is 0.710. The Kier molecular flexibility index (Phi) is 6.56. The highest BCUT2D eigenvalue weighted by molar-refractivity contribution is 5.97. The van der Waals surface area contributed by atoms with Crippen LogP contribution in [0.15, 0.2) is 24.3 Å². The summed E-state index contributed by atoms with van der Waals surface area (Å²) in [5.74, 6) is 0.219. The zero-order valence-electron chi connectivity index (χ0n) is 12.0. The van der Waals surface area contributed by atoms with Gasteiger partial charge in [0.25, 0.3) is 11.8 Å². The van der Waals surface area contributed by atoms with E-state index in [2.05, 4.69) is 19.2 Å². The summed E-state index contributed by atoms with van der Waals surface area (Å²) < 4.78 is 5.23. The smallest absolute Gasteiger partial charge is 0.255 e. The van der Waals surface area contributed by atoms with Gasteiger partial charge >= 0.3 is 0 Å². The average molecular weight is 278 g/mol. The number of benzene rings is 1. The zero-order chi connectivity index (χ0) is 15.0. The van der Waals surface area contributed by atoms with E-state index in [1.54, 1.807) is 24.3 Å². The van der Waals surface area contributed by atoms with Gasteiger partial charge in [0.05, 0.1) is 5.56 Å². The standard InChI is InChI=1S/C15H22N2O3/c1-11(2)6-5-9-17-15(19)12-7-3-4-8-13(12)20-10-14(16)18/h3-4,7-8,11H,5-6,9-10H2,1-2H3,(H2,16,18)(H,17,19). The third kappa shape index (κ3) is 5.73. The average Bonchev–Trinajstić information content (AvgIpc) is 2.41. The Balaban J connectivity index is 2.56. The van der Waals surface area contributed by atoms with Gasteiger partial charge in [-0.2, -0.15) is 0 Å². The van der Waals surface area contributed by atoms with E-state index in [0.29, 0.717) is 23.8 Å². The fourth-order valence-electron chi connectivity index (χ4n) is 1.74. The Labute approximate surface area is 119 Å². The van der Waals surface area contributed by atoms with E-state index in [4.69, 9.17) is 10.5 Å². The van der Waals surface area contributed by atoms with Crippen LogP contribution in [0.25, 0.3) is 0 Å². The number of hydrogen-bond donors (Lipinski definition) is 2. The molecule has 0 bridgehead atoms. The molecule has 0 aliphatic heterocycles. The molecular formula is C15H22N2O3. The van der Waals surface area contributed by atoms with Crippen molar-refractivity contribution in [3.8, 4) is 5.75 Å². The van der Waals surface area contributed by atoms with E-state index < -0.39 is 5.91 Å². The van der Waals surface area contributed by atoms with Crippen LogP contribution in [0.2, 0.25) is 0 Å². The van der Waals surface area contributed by atoms with Crippen LogP contribution in [0.3, 0.4) is 0 Å². The second-order valence-electron chi connectivity index (χ2n) is 5.04. The van der Waals surface area contributed by atoms with Crippen molar-refractivity contribution in [3.05, 3.63) is 29.8 Å². The van der Waals surface area contributed by atoms with Crippen molar-refractivity contribution in [2.24, 2.45) is 11.7 Å². The number of carbonyl (C=O) groups is 2. The maximum Gasteiger partial charge on any atom is 0.255 e. The molecule has 0 aliphatic rings. The number of para-hydroxylation sites is 1. The molecule has 0 aromatic heterocycles. The van der Waals surface area contributed by atoms with Gasteiger partial charge in [-0.1, -0.05) is 26.0 Å². The van der Waals surface area contributed by atoms with Crippen LogP contribution < -0.4 is 15.8 Å². The number of rotatable bonds is 8. The van der Waals surface area contributed by atoms with Gasteiger partial charge in [-0.3, -0.25) is 9.59 Å². The first-order valence-corrected chi connectivity index (χ1v) is 6.79. The Morgan fingerprint density at radius 1 is 1.30 bits per heavy atom. The van der Waals surface area contributed by atoms with E-state index >= 15 is 0 Å². The summed E-state index contributed by atoms with van der Waals surface area (Å²) in [7, 11) is 0. The van der Waals surface area contributed by atoms with Gasteiger partial charge in [-0.05, 0) is 30.9 Å². The highest BCUT2D eigenvalue weighted by Crippen LogP contribution is 2.17. The first kappa shape index (κ1) is 16.0. The minimum Gasteiger partial charge on any atom is -0.483 e. The van der Waals surface area contributed by atoms with Gasteiger partial charge in [0, 0.05) is 6.54 Å². The molecule has 0 saturated carbocycles. The Bertz CT molecular complexity index is 458. The van der Waals surface area contributed by atoms with Crippen molar-refractivity contribution in [2.45, 2.75) is 26.7 Å². The minimum absolute atomic E-state index is 0.200. The molecule has 0 aliphatic carbocycles. The molecule has 110 valence electrons. The van der Waals surface area contributed by atoms with Crippen molar-refractivity contribution in [2.75, 3.05) is 13.2 Å². The van der Waals surface area contributed by atoms with Gasteiger partial charge in [0.15, 0.2) is 6.61 Å². The van der Waals surface area contributed by atoms with E-state index in [1.165, 1.54) is 0 Å². The number of primary amides is 1. The highest BCUT2D eigenvalue weighted by atomic mass is 16.5. The monoisotopic (exact) mass is 278 g/mol. The normalized spacial score (nSPS) is 10.3. The summed E-state index contributed by atoms with van der Waals surface area (Å²) in [4.78, 5) is 22.8. The summed E-state index contributed by atoms with van der Waals surface area (Å²) in [5, 5.41) is 2.85. The summed E-state index contributed by atoms with van der Waals surface area (Å²) in [5.41, 5.74) is 5.44. The summed E-state index contributed by atoms with van der Waals surface area (Å²) in [6.45, 7) is 4.68. The molecule has 0 heterocycles. The Hall–Kier alpha value is -2.04. The molecule has 0 radical (unpaired) electrons. The van der Waals surface area contributed by atoms with Crippen LogP contribution in [0, 0.1) is 5.92 Å². The fourth-order valence-corrected chi connectivity index (χ4v) is 1.74. The van der Waals surface area contributed by atoms with E-state index in [-0.39, 0.29) is 12.5 Å².